The molecule has 186 valence electrons. The Labute approximate surface area is 210 Å². The van der Waals surface area contributed by atoms with Gasteiger partial charge < -0.3 is 9.39 Å². The number of pyridine rings is 1. The van der Waals surface area contributed by atoms with Crippen LogP contribution in [0.4, 0.5) is 13.2 Å². The molecule has 0 spiro atoms. The van der Waals surface area contributed by atoms with Crippen molar-refractivity contribution in [3.8, 4) is 11.7 Å². The number of ether oxygens (including phenoxy) is 1. The number of hydrogen-bond donors (Lipinski definition) is 1. The molecule has 2 aromatic rings. The van der Waals surface area contributed by atoms with Crippen molar-refractivity contribution in [1.82, 2.24) is 19.4 Å². The maximum atomic E-state index is 13.1. The van der Waals surface area contributed by atoms with E-state index >= 15 is 0 Å². The number of hydrogen-bond acceptors (Lipinski definition) is 7. The summed E-state index contributed by atoms with van der Waals surface area (Å²) in [6.07, 6.45) is 5.60. The van der Waals surface area contributed by atoms with Gasteiger partial charge >= 0.3 is 13.2 Å². The molecule has 35 heavy (non-hydrogen) atoms. The van der Waals surface area contributed by atoms with Gasteiger partial charge in [-0.15, -0.1) is 5.10 Å². The molecule has 13 heteroatoms. The SMILES string of the molecule is CC(=O)OB(NSC1=CCCC=C1)c1ccc(-n2ccc(OCCC3(C(F)(F)F)CC3)n2)nc1Cl. The molecule has 4 rings (SSSR count). The maximum Gasteiger partial charge on any atom is 0.498 e. The first-order chi connectivity index (χ1) is 16.7. The fourth-order valence-electron chi connectivity index (χ4n) is 3.55. The third-order valence-electron chi connectivity index (χ3n) is 5.76. The number of carbonyl (C=O) groups excluding carboxylic acids is 1. The highest BCUT2D eigenvalue weighted by Gasteiger charge is 2.62. The van der Waals surface area contributed by atoms with Crippen LogP contribution < -0.4 is 14.8 Å². The Kier molecular flexibility index (Phi) is 7.82. The molecule has 2 aliphatic carbocycles. The first-order valence-electron chi connectivity index (χ1n) is 11.1. The van der Waals surface area contributed by atoms with Gasteiger partial charge in [-0.3, -0.25) is 9.43 Å². The molecular formula is C22H23BClF3N4O3S. The van der Waals surface area contributed by atoms with Crippen molar-refractivity contribution in [2.75, 3.05) is 6.61 Å². The first-order valence-corrected chi connectivity index (χ1v) is 12.2. The van der Waals surface area contributed by atoms with Crippen LogP contribution in [0.5, 0.6) is 5.88 Å². The van der Waals surface area contributed by atoms with E-state index in [0.717, 1.165) is 17.7 Å². The number of allylic oxidation sites excluding steroid dienone is 3. The van der Waals surface area contributed by atoms with E-state index in [-0.39, 0.29) is 36.9 Å². The lowest BCUT2D eigenvalue weighted by molar-refractivity contribution is -0.190. The highest BCUT2D eigenvalue weighted by Crippen LogP contribution is 2.59. The van der Waals surface area contributed by atoms with Crippen molar-refractivity contribution in [1.29, 1.82) is 0 Å². The Hall–Kier alpha value is -2.44. The molecule has 2 aromatic heterocycles. The Balaban J connectivity index is 1.40. The van der Waals surface area contributed by atoms with Crippen molar-refractivity contribution in [3.63, 3.8) is 0 Å². The molecule has 0 aromatic carbocycles. The van der Waals surface area contributed by atoms with E-state index in [4.69, 9.17) is 21.0 Å². The fraction of sp³-hybridized carbons (Fsp3) is 0.409. The topological polar surface area (TPSA) is 78.3 Å². The van der Waals surface area contributed by atoms with E-state index in [1.807, 2.05) is 6.08 Å². The zero-order chi connectivity index (χ0) is 25.1. The van der Waals surface area contributed by atoms with E-state index in [1.54, 1.807) is 24.4 Å². The molecular weight excluding hydrogens is 504 g/mol. The van der Waals surface area contributed by atoms with Crippen LogP contribution in [0.25, 0.3) is 5.82 Å². The quantitative estimate of drug-likeness (QED) is 0.272. The number of carbonyl (C=O) groups is 1. The zero-order valence-corrected chi connectivity index (χ0v) is 20.4. The van der Waals surface area contributed by atoms with Crippen molar-refractivity contribution in [3.05, 3.63) is 52.7 Å². The average molecular weight is 527 g/mol. The highest BCUT2D eigenvalue weighted by atomic mass is 35.5. The van der Waals surface area contributed by atoms with Gasteiger partial charge in [0, 0.05) is 29.6 Å². The van der Waals surface area contributed by atoms with E-state index in [2.05, 4.69) is 26.9 Å². The molecule has 0 atom stereocenters. The van der Waals surface area contributed by atoms with Crippen LogP contribution in [-0.4, -0.2) is 40.6 Å². The lowest BCUT2D eigenvalue weighted by atomic mass is 9.76. The Bertz CT molecular complexity index is 1140. The number of halogens is 4. The molecule has 1 saturated carbocycles. The number of nitrogens with one attached hydrogen (secondary N) is 1. The summed E-state index contributed by atoms with van der Waals surface area (Å²) >= 11 is 7.74. The predicted octanol–water partition coefficient (Wildman–Crippen LogP) is 4.76. The summed E-state index contributed by atoms with van der Waals surface area (Å²) in [6.45, 7) is 1.22. The van der Waals surface area contributed by atoms with Gasteiger partial charge in [0.2, 0.25) is 5.88 Å². The number of rotatable bonds is 10. The molecule has 7 nitrogen and oxygen atoms in total. The van der Waals surface area contributed by atoms with Crippen LogP contribution >= 0.6 is 23.5 Å². The monoisotopic (exact) mass is 526 g/mol. The van der Waals surface area contributed by atoms with Gasteiger partial charge in [-0.2, -0.15) is 13.2 Å². The minimum Gasteiger partial charge on any atom is -0.516 e. The summed E-state index contributed by atoms with van der Waals surface area (Å²) in [5, 5.41) is 4.32. The summed E-state index contributed by atoms with van der Waals surface area (Å²) in [4.78, 5) is 17.0. The third kappa shape index (κ3) is 6.42. The van der Waals surface area contributed by atoms with Crippen LogP contribution in [0.3, 0.4) is 0 Å². The van der Waals surface area contributed by atoms with Crippen molar-refractivity contribution >= 4 is 42.0 Å². The summed E-state index contributed by atoms with van der Waals surface area (Å²) in [5.41, 5.74) is -1.15. The van der Waals surface area contributed by atoms with Gasteiger partial charge in [-0.25, -0.2) is 9.67 Å². The molecule has 2 heterocycles. The van der Waals surface area contributed by atoms with Crippen molar-refractivity contribution < 1.29 is 27.4 Å². The Morgan fingerprint density at radius 3 is 2.74 bits per heavy atom. The Morgan fingerprint density at radius 2 is 2.11 bits per heavy atom. The van der Waals surface area contributed by atoms with Crippen molar-refractivity contribution in [2.24, 2.45) is 5.41 Å². The minimum absolute atomic E-state index is 0.0807. The van der Waals surface area contributed by atoms with E-state index in [0.29, 0.717) is 11.3 Å². The van der Waals surface area contributed by atoms with Crippen LogP contribution in [0, 0.1) is 5.41 Å². The minimum atomic E-state index is -4.21. The third-order valence-corrected chi connectivity index (χ3v) is 6.93. The van der Waals surface area contributed by atoms with Gasteiger partial charge in [0.25, 0.3) is 5.97 Å². The zero-order valence-electron chi connectivity index (χ0n) is 18.8. The van der Waals surface area contributed by atoms with E-state index in [9.17, 15) is 18.0 Å². The standard InChI is InChI=1S/C22H23BClF3N4O3S/c1-15(32)34-23(30-35-16-5-3-2-4-6-16)17-7-8-18(28-20(17)24)31-13-9-19(29-31)33-14-12-21(10-11-21)22(25,26)27/h3,5-9,13,30H,2,4,10-12,14H2,1H3. The molecule has 0 aliphatic heterocycles. The second kappa shape index (κ2) is 10.7. The van der Waals surface area contributed by atoms with Gasteiger partial charge in [0.05, 0.1) is 12.0 Å². The summed E-state index contributed by atoms with van der Waals surface area (Å²) in [6, 6.07) is 4.85. The molecule has 2 aliphatic rings. The predicted molar refractivity (Wildman–Crippen MR) is 129 cm³/mol. The lowest BCUT2D eigenvalue weighted by Crippen LogP contribution is -2.46. The second-order valence-corrected chi connectivity index (χ2v) is 9.59. The molecule has 1 fully saturated rings. The average Bonchev–Trinajstić information content (AvgIpc) is 3.47. The fourth-order valence-corrected chi connectivity index (χ4v) is 4.58. The smallest absolute Gasteiger partial charge is 0.498 e. The maximum absolute atomic E-state index is 13.1. The Morgan fingerprint density at radius 1 is 1.31 bits per heavy atom. The summed E-state index contributed by atoms with van der Waals surface area (Å²) < 4.78 is 54.5. The first kappa shape index (κ1) is 25.7. The molecule has 0 unspecified atom stereocenters. The summed E-state index contributed by atoms with van der Waals surface area (Å²) in [7, 11) is -0.831. The second-order valence-electron chi connectivity index (χ2n) is 8.32. The van der Waals surface area contributed by atoms with Gasteiger partial charge in [0.15, 0.2) is 5.82 Å². The molecule has 0 amide bonds. The molecule has 1 N–H and O–H groups in total. The van der Waals surface area contributed by atoms with Crippen LogP contribution in [-0.2, 0) is 9.45 Å². The largest absolute Gasteiger partial charge is 0.516 e. The van der Waals surface area contributed by atoms with Crippen molar-refractivity contribution in [2.45, 2.75) is 45.2 Å². The summed E-state index contributed by atoms with van der Waals surface area (Å²) in [5.74, 6) is 0.0770. The van der Waals surface area contributed by atoms with Gasteiger partial charge in [0.1, 0.15) is 5.15 Å². The molecule has 0 bridgehead atoms. The number of alkyl halides is 3. The molecule has 0 radical (unpaired) electrons. The van der Waals surface area contributed by atoms with Gasteiger partial charge in [-0.1, -0.05) is 47.8 Å². The van der Waals surface area contributed by atoms with Crippen LogP contribution in [0.15, 0.2) is 47.5 Å². The number of nitrogens with zero attached hydrogens (tertiary/aromatic N) is 3. The molecule has 0 saturated heterocycles. The van der Waals surface area contributed by atoms with E-state index < -0.39 is 24.6 Å². The highest BCUT2D eigenvalue weighted by molar-refractivity contribution is 8.02. The number of aromatic nitrogens is 3. The van der Waals surface area contributed by atoms with Crippen LogP contribution in [0.1, 0.15) is 39.0 Å². The van der Waals surface area contributed by atoms with Gasteiger partial charge in [-0.05, 0) is 38.2 Å². The lowest BCUT2D eigenvalue weighted by Gasteiger charge is -2.18. The van der Waals surface area contributed by atoms with Crippen LogP contribution in [0.2, 0.25) is 5.15 Å². The normalized spacial score (nSPS) is 16.5. The van der Waals surface area contributed by atoms with E-state index in [1.165, 1.54) is 23.6 Å².